The van der Waals surface area contributed by atoms with Crippen LogP contribution in [0.4, 0.5) is 0 Å². The first kappa shape index (κ1) is 21.1. The van der Waals surface area contributed by atoms with E-state index in [2.05, 4.69) is 19.2 Å². The number of carbonyl (C=O) groups is 2. The van der Waals surface area contributed by atoms with Gasteiger partial charge in [0.25, 0.3) is 0 Å². The number of methoxy groups -OCH3 is 2. The number of carbonyl (C=O) groups excluding carboxylic acids is 2. The first-order valence-corrected chi connectivity index (χ1v) is 9.61. The molecule has 0 aromatic heterocycles. The maximum Gasteiger partial charge on any atom is 0.245 e. The van der Waals surface area contributed by atoms with Crippen LogP contribution < -0.4 is 14.8 Å². The summed E-state index contributed by atoms with van der Waals surface area (Å²) in [4.78, 5) is 26.9. The molecular weight excluding hydrogens is 344 g/mol. The molecule has 0 saturated carbocycles. The lowest BCUT2D eigenvalue weighted by Crippen LogP contribution is -2.55. The Balaban J connectivity index is 2.04. The van der Waals surface area contributed by atoms with Crippen LogP contribution in [-0.4, -0.2) is 49.6 Å². The largest absolute Gasteiger partial charge is 0.493 e. The third-order valence-corrected chi connectivity index (χ3v) is 5.29. The summed E-state index contributed by atoms with van der Waals surface area (Å²) in [5, 5.41) is 3.01. The summed E-state index contributed by atoms with van der Waals surface area (Å²) in [5.74, 6) is 1.85. The first-order valence-electron chi connectivity index (χ1n) is 9.61. The van der Waals surface area contributed by atoms with Gasteiger partial charge in [-0.25, -0.2) is 0 Å². The standard InChI is InChI=1S/C21H32N2O4/c1-15(2)9-12-22-20(25)21(3)11-8-19(24)23(21)13-10-16-6-7-17(26-4)18(14-16)27-5/h6-7,14-15H,8-13H2,1-5H3,(H,22,25)/t21-/m0/s1. The van der Waals surface area contributed by atoms with Crippen molar-refractivity contribution >= 4 is 11.8 Å². The van der Waals surface area contributed by atoms with Crippen molar-refractivity contribution in [3.05, 3.63) is 23.8 Å². The summed E-state index contributed by atoms with van der Waals surface area (Å²) in [6.07, 6.45) is 2.56. The molecule has 27 heavy (non-hydrogen) atoms. The van der Waals surface area contributed by atoms with Gasteiger partial charge in [-0.3, -0.25) is 9.59 Å². The lowest BCUT2D eigenvalue weighted by atomic mass is 9.96. The summed E-state index contributed by atoms with van der Waals surface area (Å²) < 4.78 is 10.6. The zero-order valence-corrected chi connectivity index (χ0v) is 17.1. The average molecular weight is 376 g/mol. The maximum absolute atomic E-state index is 12.8. The highest BCUT2D eigenvalue weighted by molar-refractivity contribution is 5.94. The van der Waals surface area contributed by atoms with Gasteiger partial charge in [0, 0.05) is 19.5 Å². The third kappa shape index (κ3) is 4.93. The van der Waals surface area contributed by atoms with Gasteiger partial charge in [0.2, 0.25) is 11.8 Å². The van der Waals surface area contributed by atoms with Crippen molar-refractivity contribution in [2.75, 3.05) is 27.3 Å². The minimum Gasteiger partial charge on any atom is -0.493 e. The fraction of sp³-hybridized carbons (Fsp3) is 0.619. The van der Waals surface area contributed by atoms with Crippen molar-refractivity contribution in [2.24, 2.45) is 5.92 Å². The molecular formula is C21H32N2O4. The number of hydrogen-bond acceptors (Lipinski definition) is 4. The van der Waals surface area contributed by atoms with Gasteiger partial charge >= 0.3 is 0 Å². The van der Waals surface area contributed by atoms with E-state index in [0.717, 1.165) is 12.0 Å². The van der Waals surface area contributed by atoms with Crippen LogP contribution in [0.5, 0.6) is 11.5 Å². The molecule has 0 radical (unpaired) electrons. The second-order valence-electron chi connectivity index (χ2n) is 7.70. The molecule has 150 valence electrons. The second kappa shape index (κ2) is 9.11. The summed E-state index contributed by atoms with van der Waals surface area (Å²) in [6, 6.07) is 5.74. The van der Waals surface area contributed by atoms with E-state index in [1.807, 2.05) is 25.1 Å². The van der Waals surface area contributed by atoms with Crippen LogP contribution >= 0.6 is 0 Å². The molecule has 1 aromatic carbocycles. The van der Waals surface area contributed by atoms with Gasteiger partial charge < -0.3 is 19.7 Å². The van der Waals surface area contributed by atoms with E-state index < -0.39 is 5.54 Å². The zero-order chi connectivity index (χ0) is 20.0. The maximum atomic E-state index is 12.8. The van der Waals surface area contributed by atoms with Gasteiger partial charge in [0.05, 0.1) is 14.2 Å². The molecule has 1 N–H and O–H groups in total. The van der Waals surface area contributed by atoms with E-state index in [-0.39, 0.29) is 11.8 Å². The Morgan fingerprint density at radius 2 is 1.96 bits per heavy atom. The van der Waals surface area contributed by atoms with E-state index in [4.69, 9.17) is 9.47 Å². The number of rotatable bonds is 9. The van der Waals surface area contributed by atoms with Gasteiger partial charge in [0.15, 0.2) is 11.5 Å². The minimum absolute atomic E-state index is 0.0389. The predicted octanol–water partition coefficient (Wildman–Crippen LogP) is 2.79. The molecule has 2 rings (SSSR count). The van der Waals surface area contributed by atoms with Crippen LogP contribution in [0.15, 0.2) is 18.2 Å². The topological polar surface area (TPSA) is 67.9 Å². The number of amides is 2. The molecule has 0 aliphatic carbocycles. The lowest BCUT2D eigenvalue weighted by Gasteiger charge is -2.34. The third-order valence-electron chi connectivity index (χ3n) is 5.29. The van der Waals surface area contributed by atoms with Crippen LogP contribution in [0.3, 0.4) is 0 Å². The summed E-state index contributed by atoms with van der Waals surface area (Å²) >= 11 is 0. The van der Waals surface area contributed by atoms with E-state index >= 15 is 0 Å². The molecule has 0 spiro atoms. The quantitative estimate of drug-likeness (QED) is 0.720. The van der Waals surface area contributed by atoms with Crippen LogP contribution in [-0.2, 0) is 16.0 Å². The molecule has 2 amide bonds. The van der Waals surface area contributed by atoms with Gasteiger partial charge in [-0.1, -0.05) is 19.9 Å². The first-order chi connectivity index (χ1) is 12.8. The number of hydrogen-bond donors (Lipinski definition) is 1. The van der Waals surface area contributed by atoms with Gasteiger partial charge in [-0.2, -0.15) is 0 Å². The zero-order valence-electron chi connectivity index (χ0n) is 17.1. The molecule has 0 unspecified atom stereocenters. The number of nitrogens with one attached hydrogen (secondary N) is 1. The van der Waals surface area contributed by atoms with E-state index in [0.29, 0.717) is 49.8 Å². The fourth-order valence-corrected chi connectivity index (χ4v) is 3.44. The number of ether oxygens (including phenoxy) is 2. The van der Waals surface area contributed by atoms with Gasteiger partial charge in [0.1, 0.15) is 5.54 Å². The average Bonchev–Trinajstić information content (AvgIpc) is 2.94. The van der Waals surface area contributed by atoms with Gasteiger partial charge in [-0.15, -0.1) is 0 Å². The Bertz CT molecular complexity index is 674. The summed E-state index contributed by atoms with van der Waals surface area (Å²) in [7, 11) is 3.20. The van der Waals surface area contributed by atoms with Crippen LogP contribution in [0.2, 0.25) is 0 Å². The van der Waals surface area contributed by atoms with Crippen LogP contribution in [0.25, 0.3) is 0 Å². The highest BCUT2D eigenvalue weighted by Gasteiger charge is 2.46. The van der Waals surface area contributed by atoms with E-state index in [9.17, 15) is 9.59 Å². The molecule has 1 heterocycles. The van der Waals surface area contributed by atoms with Crippen molar-refractivity contribution in [1.29, 1.82) is 0 Å². The minimum atomic E-state index is -0.773. The highest BCUT2D eigenvalue weighted by atomic mass is 16.5. The Kier molecular flexibility index (Phi) is 7.11. The summed E-state index contributed by atoms with van der Waals surface area (Å²) in [5.41, 5.74) is 0.264. The predicted molar refractivity (Wildman–Crippen MR) is 105 cm³/mol. The molecule has 0 bridgehead atoms. The van der Waals surface area contributed by atoms with Crippen molar-refractivity contribution in [3.63, 3.8) is 0 Å². The number of nitrogens with zero attached hydrogens (tertiary/aromatic N) is 1. The van der Waals surface area contributed by atoms with Crippen LogP contribution in [0.1, 0.15) is 45.6 Å². The molecule has 6 heteroatoms. The molecule has 6 nitrogen and oxygen atoms in total. The summed E-state index contributed by atoms with van der Waals surface area (Å²) in [6.45, 7) is 7.27. The fourth-order valence-electron chi connectivity index (χ4n) is 3.44. The van der Waals surface area contributed by atoms with Crippen molar-refractivity contribution in [2.45, 2.75) is 52.0 Å². The van der Waals surface area contributed by atoms with Crippen molar-refractivity contribution in [1.82, 2.24) is 10.2 Å². The monoisotopic (exact) mass is 376 g/mol. The Morgan fingerprint density at radius 1 is 1.26 bits per heavy atom. The molecule has 1 saturated heterocycles. The molecule has 1 aromatic rings. The second-order valence-corrected chi connectivity index (χ2v) is 7.70. The van der Waals surface area contributed by atoms with Gasteiger partial charge in [-0.05, 0) is 49.8 Å². The number of likely N-dealkylation sites (tertiary alicyclic amines) is 1. The Hall–Kier alpha value is -2.24. The molecule has 1 aliphatic rings. The molecule has 1 atom stereocenters. The smallest absolute Gasteiger partial charge is 0.245 e. The van der Waals surface area contributed by atoms with Crippen molar-refractivity contribution in [3.8, 4) is 11.5 Å². The Labute approximate surface area is 162 Å². The van der Waals surface area contributed by atoms with Crippen LogP contribution in [0, 0.1) is 5.92 Å². The molecule has 1 aliphatic heterocycles. The normalized spacial score (nSPS) is 19.5. The molecule has 1 fully saturated rings. The van der Waals surface area contributed by atoms with E-state index in [1.54, 1.807) is 19.1 Å². The van der Waals surface area contributed by atoms with Crippen molar-refractivity contribution < 1.29 is 19.1 Å². The lowest BCUT2D eigenvalue weighted by molar-refractivity contribution is -0.140. The highest BCUT2D eigenvalue weighted by Crippen LogP contribution is 2.32. The van der Waals surface area contributed by atoms with E-state index in [1.165, 1.54) is 0 Å². The Morgan fingerprint density at radius 3 is 2.59 bits per heavy atom. The SMILES string of the molecule is COc1ccc(CCN2C(=O)CC[C@@]2(C)C(=O)NCCC(C)C)cc1OC. The number of benzene rings is 1.